The van der Waals surface area contributed by atoms with Gasteiger partial charge in [0, 0.05) is 0 Å². The fourth-order valence-corrected chi connectivity index (χ4v) is 1.14. The molecule has 1 aliphatic heterocycles. The van der Waals surface area contributed by atoms with Crippen LogP contribution in [0, 0.1) is 0 Å². The van der Waals surface area contributed by atoms with Crippen LogP contribution in [-0.4, -0.2) is 33.6 Å². The van der Waals surface area contributed by atoms with Crippen molar-refractivity contribution in [2.75, 3.05) is 0 Å². The Labute approximate surface area is 84.7 Å². The quantitative estimate of drug-likeness (QED) is 0.295. The van der Waals surface area contributed by atoms with Crippen LogP contribution in [0.2, 0.25) is 0 Å². The fraction of sp³-hybridized carbons (Fsp3) is 0.500. The highest BCUT2D eigenvalue weighted by molar-refractivity contribution is 5.95. The highest BCUT2D eigenvalue weighted by Gasteiger charge is 2.55. The number of hydrogen-bond acceptors (Lipinski definition) is 6. The van der Waals surface area contributed by atoms with Crippen molar-refractivity contribution in [1.82, 2.24) is 0 Å². The standard InChI is InChI=1S/C8H10NO6/c1-5(10)4-8(13)15-9(14)6(11)2-3-7(9)12/h14H,2-4H2,1H3/q+1. The van der Waals surface area contributed by atoms with Gasteiger partial charge in [-0.25, -0.2) is 19.2 Å². The molecule has 1 heterocycles. The minimum Gasteiger partial charge on any atom is -0.299 e. The maximum atomic E-state index is 11.1. The van der Waals surface area contributed by atoms with E-state index < -0.39 is 34.8 Å². The van der Waals surface area contributed by atoms with Gasteiger partial charge in [0.15, 0.2) is 0 Å². The van der Waals surface area contributed by atoms with Crippen LogP contribution in [0.5, 0.6) is 0 Å². The molecular weight excluding hydrogens is 206 g/mol. The van der Waals surface area contributed by atoms with E-state index in [1.54, 1.807) is 0 Å². The Balaban J connectivity index is 2.71. The van der Waals surface area contributed by atoms with Crippen LogP contribution in [0.3, 0.4) is 0 Å². The molecule has 0 atom stereocenters. The van der Waals surface area contributed by atoms with Gasteiger partial charge in [-0.05, 0) is 6.92 Å². The number of nitrogens with zero attached hydrogens (tertiary/aromatic N) is 1. The first-order valence-electron chi connectivity index (χ1n) is 4.26. The van der Waals surface area contributed by atoms with E-state index in [1.807, 2.05) is 0 Å². The van der Waals surface area contributed by atoms with Gasteiger partial charge in [0.25, 0.3) is 0 Å². The lowest BCUT2D eigenvalue weighted by atomic mass is 10.3. The number of Topliss-reactive ketones (excluding diaryl/α,β-unsaturated/α-hetero) is 1. The Morgan fingerprint density at radius 1 is 1.33 bits per heavy atom. The van der Waals surface area contributed by atoms with Crippen LogP contribution in [0.15, 0.2) is 0 Å². The highest BCUT2D eigenvalue weighted by Crippen LogP contribution is 2.20. The van der Waals surface area contributed by atoms with Crippen molar-refractivity contribution < 1.29 is 34.0 Å². The molecule has 1 rings (SSSR count). The number of ketones is 1. The molecule has 0 spiro atoms. The molecule has 0 aromatic heterocycles. The van der Waals surface area contributed by atoms with Crippen LogP contribution in [0.1, 0.15) is 26.2 Å². The molecule has 1 fully saturated rings. The van der Waals surface area contributed by atoms with Crippen molar-refractivity contribution in [3.05, 3.63) is 0 Å². The van der Waals surface area contributed by atoms with E-state index in [9.17, 15) is 24.4 Å². The van der Waals surface area contributed by atoms with E-state index >= 15 is 0 Å². The van der Waals surface area contributed by atoms with Crippen molar-refractivity contribution in [3.8, 4) is 0 Å². The number of amides is 2. The number of imide groups is 1. The lowest BCUT2D eigenvalue weighted by molar-refractivity contribution is -1.12. The first-order chi connectivity index (χ1) is 6.86. The molecule has 0 unspecified atom stereocenters. The second kappa shape index (κ2) is 3.87. The van der Waals surface area contributed by atoms with Crippen LogP contribution >= 0.6 is 0 Å². The van der Waals surface area contributed by atoms with Gasteiger partial charge in [0.05, 0.1) is 12.8 Å². The summed E-state index contributed by atoms with van der Waals surface area (Å²) in [4.78, 5) is 46.0. The third-order valence-corrected chi connectivity index (χ3v) is 1.86. The highest BCUT2D eigenvalue weighted by atomic mass is 17.0. The third kappa shape index (κ3) is 2.25. The number of hydrogen-bond donors (Lipinski definition) is 1. The predicted molar refractivity (Wildman–Crippen MR) is 42.7 cm³/mol. The molecule has 0 saturated carbocycles. The summed E-state index contributed by atoms with van der Waals surface area (Å²) in [5.41, 5.74) is 0. The summed E-state index contributed by atoms with van der Waals surface area (Å²) < 4.78 is 0. The van der Waals surface area contributed by atoms with E-state index in [1.165, 1.54) is 0 Å². The van der Waals surface area contributed by atoms with Crippen molar-refractivity contribution in [2.45, 2.75) is 26.2 Å². The molecule has 1 aliphatic rings. The normalized spacial score (nSPS) is 19.1. The predicted octanol–water partition coefficient (Wildman–Crippen LogP) is -0.523. The van der Waals surface area contributed by atoms with E-state index in [-0.39, 0.29) is 12.8 Å². The molecule has 1 N–H and O–H groups in total. The van der Waals surface area contributed by atoms with Crippen LogP contribution in [-0.2, 0) is 24.0 Å². The van der Waals surface area contributed by atoms with Crippen molar-refractivity contribution >= 4 is 23.6 Å². The largest absolute Gasteiger partial charge is 0.397 e. The van der Waals surface area contributed by atoms with E-state index in [4.69, 9.17) is 0 Å². The number of hydroxylamine groups is 4. The monoisotopic (exact) mass is 216 g/mol. The molecule has 0 bridgehead atoms. The zero-order valence-electron chi connectivity index (χ0n) is 8.06. The van der Waals surface area contributed by atoms with Gasteiger partial charge < -0.3 is 0 Å². The summed E-state index contributed by atoms with van der Waals surface area (Å²) in [7, 11) is 0. The Hall–Kier alpha value is -1.60. The number of quaternary nitrogens is 1. The molecule has 0 aliphatic carbocycles. The molecule has 0 aromatic carbocycles. The van der Waals surface area contributed by atoms with Crippen molar-refractivity contribution in [1.29, 1.82) is 0 Å². The molecule has 82 valence electrons. The first kappa shape index (κ1) is 11.5. The molecular formula is C8H10NO6+. The summed E-state index contributed by atoms with van der Waals surface area (Å²) in [6.07, 6.45) is -0.938. The molecule has 0 aromatic rings. The Kier molecular flexibility index (Phi) is 2.96. The van der Waals surface area contributed by atoms with E-state index in [0.717, 1.165) is 6.92 Å². The van der Waals surface area contributed by atoms with Gasteiger partial charge in [0.1, 0.15) is 17.0 Å². The van der Waals surface area contributed by atoms with E-state index in [2.05, 4.69) is 4.84 Å². The van der Waals surface area contributed by atoms with Gasteiger partial charge in [-0.1, -0.05) is 0 Å². The van der Waals surface area contributed by atoms with Gasteiger partial charge in [-0.2, -0.15) is 5.21 Å². The third-order valence-electron chi connectivity index (χ3n) is 1.86. The topological polar surface area (TPSA) is 97.7 Å². The minimum absolute atomic E-state index is 0.178. The summed E-state index contributed by atoms with van der Waals surface area (Å²) in [5, 5.41) is 9.40. The molecule has 0 radical (unpaired) electrons. The lowest BCUT2D eigenvalue weighted by Gasteiger charge is -2.15. The van der Waals surface area contributed by atoms with Crippen LogP contribution < -0.4 is 0 Å². The molecule has 15 heavy (non-hydrogen) atoms. The number of rotatable bonds is 3. The van der Waals surface area contributed by atoms with Gasteiger partial charge in [0.2, 0.25) is 0 Å². The lowest BCUT2D eigenvalue weighted by Crippen LogP contribution is -2.50. The summed E-state index contributed by atoms with van der Waals surface area (Å²) in [6.45, 7) is 1.15. The smallest absolute Gasteiger partial charge is 0.299 e. The zero-order valence-corrected chi connectivity index (χ0v) is 8.06. The fourth-order valence-electron chi connectivity index (χ4n) is 1.14. The van der Waals surface area contributed by atoms with E-state index in [0.29, 0.717) is 0 Å². The second-order valence-corrected chi connectivity index (χ2v) is 3.21. The Morgan fingerprint density at radius 3 is 2.20 bits per heavy atom. The summed E-state index contributed by atoms with van der Waals surface area (Å²) >= 11 is 0. The molecule has 7 heteroatoms. The molecule has 1 saturated heterocycles. The Bertz CT molecular complexity index is 331. The van der Waals surface area contributed by atoms with Crippen LogP contribution in [0.4, 0.5) is 0 Å². The number of carbonyl (C=O) groups excluding carboxylic acids is 4. The van der Waals surface area contributed by atoms with Crippen LogP contribution in [0.25, 0.3) is 0 Å². The molecule has 2 amide bonds. The maximum absolute atomic E-state index is 11.1. The molecule has 7 nitrogen and oxygen atoms in total. The zero-order chi connectivity index (χ0) is 11.6. The minimum atomic E-state index is -1.97. The SMILES string of the molecule is CC(=O)CC(=O)O[N+]1(O)C(=O)CCC1=O. The maximum Gasteiger partial charge on any atom is 0.397 e. The average Bonchev–Trinajstić information content (AvgIpc) is 2.31. The van der Waals surface area contributed by atoms with Crippen molar-refractivity contribution in [3.63, 3.8) is 0 Å². The number of carbonyl (C=O) groups is 4. The summed E-state index contributed by atoms with van der Waals surface area (Å²) in [5.74, 6) is -3.40. The van der Waals surface area contributed by atoms with Gasteiger partial charge in [-0.3, -0.25) is 4.79 Å². The Morgan fingerprint density at radius 2 is 1.80 bits per heavy atom. The van der Waals surface area contributed by atoms with Gasteiger partial charge in [-0.15, -0.1) is 0 Å². The second-order valence-electron chi connectivity index (χ2n) is 3.21. The first-order valence-corrected chi connectivity index (χ1v) is 4.26. The van der Waals surface area contributed by atoms with Gasteiger partial charge >= 0.3 is 17.8 Å². The van der Waals surface area contributed by atoms with Crippen molar-refractivity contribution in [2.24, 2.45) is 0 Å². The summed E-state index contributed by atoms with van der Waals surface area (Å²) in [6, 6.07) is 0. The average molecular weight is 216 g/mol.